The van der Waals surface area contributed by atoms with Crippen LogP contribution in [-0.4, -0.2) is 54.2 Å². The summed E-state index contributed by atoms with van der Waals surface area (Å²) in [6.07, 6.45) is 4.22. The average Bonchev–Trinajstić information content (AvgIpc) is 3.63. The van der Waals surface area contributed by atoms with Crippen LogP contribution in [0, 0.1) is 0 Å². The van der Waals surface area contributed by atoms with Crippen molar-refractivity contribution in [3.05, 3.63) is 42.6 Å². The minimum absolute atomic E-state index is 0.501. The molecule has 1 aliphatic carbocycles. The molecule has 0 radical (unpaired) electrons. The molecule has 8 heteroatoms. The smallest absolute Gasteiger partial charge is 0.163 e. The molecule has 1 aliphatic rings. The van der Waals surface area contributed by atoms with Gasteiger partial charge in [-0.05, 0) is 56.8 Å². The lowest BCUT2D eigenvalue weighted by molar-refractivity contribution is 0.159. The van der Waals surface area contributed by atoms with Crippen LogP contribution in [0.4, 0.5) is 11.5 Å². The normalized spacial score (nSPS) is 13.6. The summed E-state index contributed by atoms with van der Waals surface area (Å²) in [6, 6.07) is 12.5. The van der Waals surface area contributed by atoms with Gasteiger partial charge < -0.3 is 24.1 Å². The van der Waals surface area contributed by atoms with Gasteiger partial charge in [0.25, 0.3) is 0 Å². The number of hydrogen-bond donors (Lipinski definition) is 1. The first-order valence-corrected chi connectivity index (χ1v) is 11.2. The van der Waals surface area contributed by atoms with Crippen molar-refractivity contribution in [3.63, 3.8) is 0 Å². The molecule has 1 saturated carbocycles. The lowest BCUT2D eigenvalue weighted by atomic mass is 10.2. The predicted molar refractivity (Wildman–Crippen MR) is 130 cm³/mol. The molecule has 2 aromatic carbocycles. The highest BCUT2D eigenvalue weighted by Gasteiger charge is 2.28. The summed E-state index contributed by atoms with van der Waals surface area (Å²) < 4.78 is 19.3. The van der Waals surface area contributed by atoms with E-state index < -0.39 is 0 Å². The van der Waals surface area contributed by atoms with Crippen LogP contribution in [0.2, 0.25) is 0 Å². The highest BCUT2D eigenvalue weighted by molar-refractivity contribution is 6.13. The van der Waals surface area contributed by atoms with Crippen LogP contribution in [0.1, 0.15) is 25.8 Å². The molecular formula is C25H29N5O3. The van der Waals surface area contributed by atoms with Crippen LogP contribution in [0.5, 0.6) is 17.2 Å². The molecule has 0 bridgehead atoms. The molecule has 4 aromatic rings. The van der Waals surface area contributed by atoms with Gasteiger partial charge in [-0.2, -0.15) is 5.10 Å². The molecule has 1 fully saturated rings. The van der Waals surface area contributed by atoms with Gasteiger partial charge in [0, 0.05) is 28.7 Å². The second kappa shape index (κ2) is 8.78. The standard InChI is InChI=1S/C25H29N5O3/c1-5-29(2)15-33-18-9-10-20-19(13-18)24-21(30(20)17-7-8-17)14-26-28-25(24)27-16-6-11-22(31-3)23(12-16)32-4/h6,9-14,17H,5,7-8,15H2,1-4H3,(H,27,28). The molecule has 0 unspecified atom stereocenters. The number of methoxy groups -OCH3 is 2. The Kier molecular flexibility index (Phi) is 5.68. The lowest BCUT2D eigenvalue weighted by Gasteiger charge is -2.15. The fourth-order valence-electron chi connectivity index (χ4n) is 4.11. The Hall–Kier alpha value is -3.52. The Bertz CT molecular complexity index is 1300. The molecule has 0 spiro atoms. The van der Waals surface area contributed by atoms with Gasteiger partial charge in [-0.3, -0.25) is 4.90 Å². The average molecular weight is 448 g/mol. The molecule has 33 heavy (non-hydrogen) atoms. The number of benzene rings is 2. The predicted octanol–water partition coefficient (Wildman–Crippen LogP) is 4.97. The maximum Gasteiger partial charge on any atom is 0.163 e. The van der Waals surface area contributed by atoms with Gasteiger partial charge in [0.1, 0.15) is 12.5 Å². The van der Waals surface area contributed by atoms with Crippen LogP contribution in [-0.2, 0) is 0 Å². The number of hydrogen-bond acceptors (Lipinski definition) is 7. The monoisotopic (exact) mass is 447 g/mol. The maximum absolute atomic E-state index is 6.04. The molecule has 2 aromatic heterocycles. The van der Waals surface area contributed by atoms with E-state index in [1.165, 1.54) is 18.4 Å². The van der Waals surface area contributed by atoms with Gasteiger partial charge in [-0.25, -0.2) is 0 Å². The SMILES string of the molecule is CCN(C)COc1ccc2c(c1)c1c(Nc3ccc(OC)c(OC)c3)nncc1n2C1CC1. The molecular weight excluding hydrogens is 418 g/mol. The minimum atomic E-state index is 0.501. The van der Waals surface area contributed by atoms with Gasteiger partial charge >= 0.3 is 0 Å². The first-order valence-electron chi connectivity index (χ1n) is 11.2. The molecule has 8 nitrogen and oxygen atoms in total. The van der Waals surface area contributed by atoms with E-state index in [4.69, 9.17) is 14.2 Å². The van der Waals surface area contributed by atoms with Crippen molar-refractivity contribution < 1.29 is 14.2 Å². The van der Waals surface area contributed by atoms with E-state index in [0.29, 0.717) is 30.1 Å². The van der Waals surface area contributed by atoms with E-state index in [9.17, 15) is 0 Å². The van der Waals surface area contributed by atoms with E-state index in [2.05, 4.69) is 44.0 Å². The number of ether oxygens (including phenoxy) is 3. The van der Waals surface area contributed by atoms with Crippen molar-refractivity contribution in [1.82, 2.24) is 19.7 Å². The van der Waals surface area contributed by atoms with Gasteiger partial charge in [0.05, 0.1) is 31.3 Å². The van der Waals surface area contributed by atoms with Crippen LogP contribution in [0.25, 0.3) is 21.8 Å². The zero-order chi connectivity index (χ0) is 22.9. The Labute approximate surface area is 193 Å². The Balaban J connectivity index is 1.61. The first-order chi connectivity index (χ1) is 16.1. The minimum Gasteiger partial charge on any atom is -0.493 e. The summed E-state index contributed by atoms with van der Waals surface area (Å²) in [4.78, 5) is 2.12. The van der Waals surface area contributed by atoms with E-state index in [0.717, 1.165) is 34.3 Å². The number of fused-ring (bicyclic) bond motifs is 3. The molecule has 2 heterocycles. The van der Waals surface area contributed by atoms with Gasteiger partial charge in [-0.15, -0.1) is 5.10 Å². The number of nitrogens with one attached hydrogen (secondary N) is 1. The molecule has 0 amide bonds. The van der Waals surface area contributed by atoms with Crippen molar-refractivity contribution in [3.8, 4) is 17.2 Å². The quantitative estimate of drug-likeness (QED) is 0.363. The number of anilines is 2. The van der Waals surface area contributed by atoms with Crippen LogP contribution in [0.15, 0.2) is 42.6 Å². The first kappa shape index (κ1) is 21.3. The van der Waals surface area contributed by atoms with E-state index >= 15 is 0 Å². The van der Waals surface area contributed by atoms with Gasteiger partial charge in [0.2, 0.25) is 0 Å². The fourth-order valence-corrected chi connectivity index (χ4v) is 4.11. The molecule has 5 rings (SSSR count). The molecule has 0 saturated heterocycles. The molecule has 0 aliphatic heterocycles. The Morgan fingerprint density at radius 3 is 2.61 bits per heavy atom. The summed E-state index contributed by atoms with van der Waals surface area (Å²) in [6.45, 7) is 3.58. The van der Waals surface area contributed by atoms with Crippen LogP contribution in [0.3, 0.4) is 0 Å². The summed E-state index contributed by atoms with van der Waals surface area (Å²) in [5.41, 5.74) is 3.10. The van der Waals surface area contributed by atoms with Crippen molar-refractivity contribution in [2.24, 2.45) is 0 Å². The largest absolute Gasteiger partial charge is 0.493 e. The van der Waals surface area contributed by atoms with Crippen LogP contribution < -0.4 is 19.5 Å². The maximum atomic E-state index is 6.04. The summed E-state index contributed by atoms with van der Waals surface area (Å²) >= 11 is 0. The highest BCUT2D eigenvalue weighted by atomic mass is 16.5. The van der Waals surface area contributed by atoms with Crippen molar-refractivity contribution >= 4 is 33.3 Å². The summed E-state index contributed by atoms with van der Waals surface area (Å²) in [5, 5.41) is 14.4. The number of aromatic nitrogens is 3. The second-order valence-electron chi connectivity index (χ2n) is 8.37. The van der Waals surface area contributed by atoms with E-state index in [-0.39, 0.29) is 0 Å². The molecule has 0 atom stereocenters. The zero-order valence-electron chi connectivity index (χ0n) is 19.5. The molecule has 172 valence electrons. The van der Waals surface area contributed by atoms with Crippen molar-refractivity contribution in [2.45, 2.75) is 25.8 Å². The summed E-state index contributed by atoms with van der Waals surface area (Å²) in [5.74, 6) is 2.87. The fraction of sp³-hybridized carbons (Fsp3) is 0.360. The molecule has 1 N–H and O–H groups in total. The van der Waals surface area contributed by atoms with E-state index in [1.54, 1.807) is 14.2 Å². The van der Waals surface area contributed by atoms with Crippen molar-refractivity contribution in [2.75, 3.05) is 39.9 Å². The number of rotatable bonds is 9. The third-order valence-electron chi connectivity index (χ3n) is 6.14. The second-order valence-corrected chi connectivity index (χ2v) is 8.37. The topological polar surface area (TPSA) is 73.7 Å². The third-order valence-corrected chi connectivity index (χ3v) is 6.14. The van der Waals surface area contributed by atoms with Gasteiger partial charge in [0.15, 0.2) is 17.3 Å². The zero-order valence-corrected chi connectivity index (χ0v) is 19.5. The van der Waals surface area contributed by atoms with E-state index in [1.807, 2.05) is 37.5 Å². The third kappa shape index (κ3) is 4.02. The van der Waals surface area contributed by atoms with Crippen LogP contribution >= 0.6 is 0 Å². The van der Waals surface area contributed by atoms with Gasteiger partial charge in [-0.1, -0.05) is 6.92 Å². The summed E-state index contributed by atoms with van der Waals surface area (Å²) in [7, 11) is 5.29. The Morgan fingerprint density at radius 1 is 1.06 bits per heavy atom. The Morgan fingerprint density at radius 2 is 1.88 bits per heavy atom. The number of nitrogens with zero attached hydrogens (tertiary/aromatic N) is 4. The van der Waals surface area contributed by atoms with Crippen molar-refractivity contribution in [1.29, 1.82) is 0 Å². The lowest BCUT2D eigenvalue weighted by Crippen LogP contribution is -2.22. The highest BCUT2D eigenvalue weighted by Crippen LogP contribution is 2.44.